The third-order valence-electron chi connectivity index (χ3n) is 4.14. The normalized spacial score (nSPS) is 11.0. The summed E-state index contributed by atoms with van der Waals surface area (Å²) in [4.78, 5) is 13.7. The van der Waals surface area contributed by atoms with Crippen LogP contribution in [0.2, 0.25) is 0 Å². The summed E-state index contributed by atoms with van der Waals surface area (Å²) >= 11 is 0. The molecule has 4 rings (SSSR count). The molecule has 1 N–H and O–H groups in total. The Morgan fingerprint density at radius 3 is 2.67 bits per heavy atom. The number of fused-ring (bicyclic) bond motifs is 1. The van der Waals surface area contributed by atoms with Crippen LogP contribution in [0.1, 0.15) is 0 Å². The van der Waals surface area contributed by atoms with Gasteiger partial charge in [0.05, 0.1) is 24.8 Å². The van der Waals surface area contributed by atoms with E-state index < -0.39 is 0 Å². The van der Waals surface area contributed by atoms with Crippen molar-refractivity contribution in [2.45, 2.75) is 0 Å². The number of nitrogens with one attached hydrogen (secondary N) is 1. The Labute approximate surface area is 157 Å². The number of rotatable bonds is 5. The van der Waals surface area contributed by atoms with Crippen LogP contribution >= 0.6 is 0 Å². The van der Waals surface area contributed by atoms with Crippen molar-refractivity contribution in [1.82, 2.24) is 9.97 Å². The molecule has 0 amide bonds. The van der Waals surface area contributed by atoms with Gasteiger partial charge in [-0.2, -0.15) is 0 Å². The standard InChI is InChI=1S/C22H18N4O/c1-27-18-9-6-8-17(14-18)24-15-25-22-19-10-3-2-7-16(19)13-21(26-22)20-11-4-5-12-23-20/h2-15H,1H3,(H,24,25,26). The number of anilines is 1. The zero-order valence-corrected chi connectivity index (χ0v) is 14.8. The van der Waals surface area contributed by atoms with E-state index in [1.54, 1.807) is 19.6 Å². The summed E-state index contributed by atoms with van der Waals surface area (Å²) in [5.74, 6) is 1.43. The number of aromatic nitrogens is 2. The molecule has 2 aromatic carbocycles. The highest BCUT2D eigenvalue weighted by Crippen LogP contribution is 2.28. The lowest BCUT2D eigenvalue weighted by Gasteiger charge is -2.07. The van der Waals surface area contributed by atoms with Crippen molar-refractivity contribution in [3.8, 4) is 17.1 Å². The van der Waals surface area contributed by atoms with Crippen LogP contribution in [-0.2, 0) is 0 Å². The molecule has 0 fully saturated rings. The van der Waals surface area contributed by atoms with Crippen molar-refractivity contribution in [2.24, 2.45) is 4.99 Å². The average molecular weight is 354 g/mol. The van der Waals surface area contributed by atoms with Crippen LogP contribution in [0.25, 0.3) is 22.2 Å². The van der Waals surface area contributed by atoms with Crippen LogP contribution in [0.3, 0.4) is 0 Å². The zero-order valence-electron chi connectivity index (χ0n) is 14.8. The molecule has 0 atom stereocenters. The van der Waals surface area contributed by atoms with Crippen molar-refractivity contribution in [1.29, 1.82) is 0 Å². The largest absolute Gasteiger partial charge is 0.497 e. The average Bonchev–Trinajstić information content (AvgIpc) is 2.74. The zero-order chi connectivity index (χ0) is 18.5. The summed E-state index contributed by atoms with van der Waals surface area (Å²) in [5.41, 5.74) is 2.51. The van der Waals surface area contributed by atoms with Gasteiger partial charge in [-0.1, -0.05) is 36.4 Å². The van der Waals surface area contributed by atoms with Crippen LogP contribution < -0.4 is 10.1 Å². The molecule has 0 radical (unpaired) electrons. The summed E-state index contributed by atoms with van der Waals surface area (Å²) in [6.45, 7) is 0. The van der Waals surface area contributed by atoms with Gasteiger partial charge in [0.15, 0.2) is 5.82 Å². The molecule has 0 aliphatic rings. The Morgan fingerprint density at radius 2 is 1.81 bits per heavy atom. The molecule has 0 unspecified atom stereocenters. The lowest BCUT2D eigenvalue weighted by atomic mass is 10.1. The molecule has 0 aliphatic carbocycles. The second-order valence-electron chi connectivity index (χ2n) is 5.90. The fourth-order valence-corrected chi connectivity index (χ4v) is 2.81. The minimum Gasteiger partial charge on any atom is -0.497 e. The summed E-state index contributed by atoms with van der Waals surface area (Å²) in [6.07, 6.45) is 3.41. The van der Waals surface area contributed by atoms with Crippen LogP contribution in [0.4, 0.5) is 11.5 Å². The van der Waals surface area contributed by atoms with E-state index in [9.17, 15) is 0 Å². The Bertz CT molecular complexity index is 1090. The second-order valence-corrected chi connectivity index (χ2v) is 5.90. The van der Waals surface area contributed by atoms with Gasteiger partial charge in [-0.3, -0.25) is 4.98 Å². The molecule has 0 saturated carbocycles. The van der Waals surface area contributed by atoms with Crippen molar-refractivity contribution in [3.05, 3.63) is 79.0 Å². The van der Waals surface area contributed by atoms with Gasteiger partial charge in [-0.05, 0) is 35.7 Å². The van der Waals surface area contributed by atoms with Crippen molar-refractivity contribution < 1.29 is 4.74 Å². The minimum absolute atomic E-state index is 0.643. The highest BCUT2D eigenvalue weighted by molar-refractivity contribution is 5.94. The number of nitrogens with zero attached hydrogens (tertiary/aromatic N) is 3. The monoisotopic (exact) mass is 354 g/mol. The minimum atomic E-state index is 0.643. The molecule has 5 heteroatoms. The molecule has 2 aromatic heterocycles. The summed E-state index contributed by atoms with van der Waals surface area (Å²) in [5, 5.41) is 5.22. The van der Waals surface area contributed by atoms with Crippen LogP contribution in [0, 0.1) is 0 Å². The van der Waals surface area contributed by atoms with E-state index in [4.69, 9.17) is 9.72 Å². The van der Waals surface area contributed by atoms with Crippen LogP contribution in [0.5, 0.6) is 5.75 Å². The molecular weight excluding hydrogens is 336 g/mol. The van der Waals surface area contributed by atoms with Gasteiger partial charge in [0.1, 0.15) is 5.75 Å². The Balaban J connectivity index is 1.69. The van der Waals surface area contributed by atoms with Crippen molar-refractivity contribution >= 4 is 28.6 Å². The second kappa shape index (κ2) is 7.66. The number of benzene rings is 2. The topological polar surface area (TPSA) is 59.4 Å². The first-order valence-electron chi connectivity index (χ1n) is 8.58. The van der Waals surface area contributed by atoms with E-state index in [2.05, 4.69) is 21.4 Å². The highest BCUT2D eigenvalue weighted by Gasteiger charge is 2.07. The quantitative estimate of drug-likeness (QED) is 0.401. The molecule has 2 heterocycles. The lowest BCUT2D eigenvalue weighted by Crippen LogP contribution is -1.95. The van der Waals surface area contributed by atoms with E-state index >= 15 is 0 Å². The first-order valence-corrected chi connectivity index (χ1v) is 8.58. The first-order chi connectivity index (χ1) is 13.3. The van der Waals surface area contributed by atoms with Crippen LogP contribution in [0.15, 0.2) is 84.0 Å². The lowest BCUT2D eigenvalue weighted by molar-refractivity contribution is 0.415. The summed E-state index contributed by atoms with van der Waals surface area (Å²) in [7, 11) is 1.65. The van der Waals surface area contributed by atoms with Gasteiger partial charge in [-0.15, -0.1) is 0 Å². The predicted octanol–water partition coefficient (Wildman–Crippen LogP) is 5.08. The molecule has 27 heavy (non-hydrogen) atoms. The number of hydrogen-bond acceptors (Lipinski definition) is 4. The Hall–Kier alpha value is -3.73. The number of aliphatic imine (C=N–C) groups is 1. The molecule has 4 aromatic rings. The van der Waals surface area contributed by atoms with E-state index in [-0.39, 0.29) is 0 Å². The van der Waals surface area contributed by atoms with Crippen LogP contribution in [-0.4, -0.2) is 23.4 Å². The Kier molecular flexibility index (Phi) is 4.74. The summed E-state index contributed by atoms with van der Waals surface area (Å²) < 4.78 is 5.24. The first kappa shape index (κ1) is 16.7. The maximum atomic E-state index is 5.24. The number of ether oxygens (including phenoxy) is 1. The number of hydrogen-bond donors (Lipinski definition) is 1. The molecule has 132 valence electrons. The van der Waals surface area contributed by atoms with E-state index in [1.165, 1.54) is 0 Å². The fraction of sp³-hybridized carbons (Fsp3) is 0.0455. The number of pyridine rings is 2. The fourth-order valence-electron chi connectivity index (χ4n) is 2.81. The smallest absolute Gasteiger partial charge is 0.162 e. The van der Waals surface area contributed by atoms with Gasteiger partial charge in [0.2, 0.25) is 0 Å². The molecule has 5 nitrogen and oxygen atoms in total. The number of methoxy groups -OCH3 is 1. The third kappa shape index (κ3) is 3.77. The van der Waals surface area contributed by atoms with E-state index in [1.807, 2.05) is 66.7 Å². The third-order valence-corrected chi connectivity index (χ3v) is 4.14. The Morgan fingerprint density at radius 1 is 0.926 bits per heavy atom. The summed E-state index contributed by atoms with van der Waals surface area (Å²) in [6, 6.07) is 23.6. The molecular formula is C22H18N4O. The van der Waals surface area contributed by atoms with Gasteiger partial charge in [0.25, 0.3) is 0 Å². The van der Waals surface area contributed by atoms with E-state index in [0.29, 0.717) is 5.82 Å². The maximum absolute atomic E-state index is 5.24. The molecule has 0 bridgehead atoms. The molecule has 0 aliphatic heterocycles. The van der Waals surface area contributed by atoms with Gasteiger partial charge in [-0.25, -0.2) is 9.98 Å². The van der Waals surface area contributed by atoms with Gasteiger partial charge < -0.3 is 10.1 Å². The van der Waals surface area contributed by atoms with E-state index in [0.717, 1.165) is 33.6 Å². The molecule has 0 spiro atoms. The highest BCUT2D eigenvalue weighted by atomic mass is 16.5. The molecule has 0 saturated heterocycles. The SMILES string of the molecule is COc1cccc(NC=Nc2nc(-c3ccccn3)cc3ccccc23)c1. The van der Waals surface area contributed by atoms with Gasteiger partial charge >= 0.3 is 0 Å². The van der Waals surface area contributed by atoms with Crippen molar-refractivity contribution in [3.63, 3.8) is 0 Å². The van der Waals surface area contributed by atoms with Crippen molar-refractivity contribution in [2.75, 3.05) is 12.4 Å². The maximum Gasteiger partial charge on any atom is 0.162 e. The predicted molar refractivity (Wildman–Crippen MR) is 110 cm³/mol. The van der Waals surface area contributed by atoms with Gasteiger partial charge in [0, 0.05) is 23.3 Å².